The van der Waals surface area contributed by atoms with E-state index in [0.29, 0.717) is 11.1 Å². The summed E-state index contributed by atoms with van der Waals surface area (Å²) < 4.78 is 11.0. The molecule has 24 heavy (non-hydrogen) atoms. The molecule has 0 saturated carbocycles. The second-order valence-electron chi connectivity index (χ2n) is 6.42. The SMILES string of the molecule is COC(=O)c1ccc2c(c1)C1C(NC2=O)[C@H]2O[C@@H]1c1ccccc12. The number of hydrogen-bond acceptors (Lipinski definition) is 4. The Hall–Kier alpha value is -2.66. The number of hydrogen-bond donors (Lipinski definition) is 1. The topological polar surface area (TPSA) is 64.6 Å². The number of amides is 1. The van der Waals surface area contributed by atoms with Crippen molar-refractivity contribution < 1.29 is 19.1 Å². The maximum Gasteiger partial charge on any atom is 0.337 e. The molecule has 3 aliphatic heterocycles. The Morgan fingerprint density at radius 2 is 1.83 bits per heavy atom. The lowest BCUT2D eigenvalue weighted by Crippen LogP contribution is -2.46. The quantitative estimate of drug-likeness (QED) is 0.820. The first-order chi connectivity index (χ1) is 11.7. The first-order valence-electron chi connectivity index (χ1n) is 7.96. The second kappa shape index (κ2) is 4.68. The number of fused-ring (bicyclic) bond motifs is 10. The number of carbonyl (C=O) groups is 2. The van der Waals surface area contributed by atoms with E-state index in [4.69, 9.17) is 9.47 Å². The van der Waals surface area contributed by atoms with Gasteiger partial charge in [0.05, 0.1) is 24.8 Å². The lowest BCUT2D eigenvalue weighted by atomic mass is 9.73. The Balaban J connectivity index is 1.67. The van der Waals surface area contributed by atoms with Crippen molar-refractivity contribution in [3.8, 4) is 0 Å². The lowest BCUT2D eigenvalue weighted by molar-refractivity contribution is 0.0598. The standard InChI is InChI=1S/C19H15NO4/c1-23-19(22)9-6-7-12-13(8-9)14-15(20-18(12)21)17-11-5-3-2-4-10(11)16(14)24-17/h2-8,14-17H,1H3,(H,20,21)/t14?,15?,16-,17+/m1/s1. The predicted octanol–water partition coefficient (Wildman–Crippen LogP) is 2.50. The molecular formula is C19H15NO4. The highest BCUT2D eigenvalue weighted by molar-refractivity contribution is 5.99. The van der Waals surface area contributed by atoms with Crippen molar-refractivity contribution in [2.24, 2.45) is 0 Å². The third-order valence-corrected chi connectivity index (χ3v) is 5.32. The van der Waals surface area contributed by atoms with Crippen molar-refractivity contribution >= 4 is 11.9 Å². The van der Waals surface area contributed by atoms with Crippen LogP contribution in [-0.2, 0) is 9.47 Å². The summed E-state index contributed by atoms with van der Waals surface area (Å²) in [7, 11) is 1.36. The minimum absolute atomic E-state index is 0.0159. The molecule has 120 valence electrons. The van der Waals surface area contributed by atoms with Crippen molar-refractivity contribution in [1.29, 1.82) is 0 Å². The second-order valence-corrected chi connectivity index (χ2v) is 6.42. The first-order valence-corrected chi connectivity index (χ1v) is 7.96. The summed E-state index contributed by atoms with van der Waals surface area (Å²) in [6.07, 6.45) is -0.224. The van der Waals surface area contributed by atoms with Crippen LogP contribution in [0.4, 0.5) is 0 Å². The normalized spacial score (nSPS) is 28.6. The molecule has 0 aliphatic carbocycles. The van der Waals surface area contributed by atoms with E-state index in [1.165, 1.54) is 12.7 Å². The number of rotatable bonds is 1. The molecule has 3 heterocycles. The van der Waals surface area contributed by atoms with Gasteiger partial charge >= 0.3 is 5.97 Å². The van der Waals surface area contributed by atoms with Gasteiger partial charge in [0.25, 0.3) is 5.91 Å². The molecule has 3 aliphatic rings. The summed E-state index contributed by atoms with van der Waals surface area (Å²) in [4.78, 5) is 24.4. The van der Waals surface area contributed by atoms with Crippen LogP contribution < -0.4 is 5.32 Å². The molecule has 2 unspecified atom stereocenters. The average Bonchev–Trinajstić information content (AvgIpc) is 3.18. The molecule has 2 aromatic carbocycles. The summed E-state index contributed by atoms with van der Waals surface area (Å²) in [5, 5.41) is 3.09. The fourth-order valence-electron chi connectivity index (χ4n) is 4.31. The number of nitrogens with one attached hydrogen (secondary N) is 1. The zero-order chi connectivity index (χ0) is 16.4. The fraction of sp³-hybridized carbons (Fsp3) is 0.263. The molecule has 0 aromatic heterocycles. The highest BCUT2D eigenvalue weighted by Gasteiger charge is 2.55. The molecule has 5 nitrogen and oxygen atoms in total. The third kappa shape index (κ3) is 1.62. The van der Waals surface area contributed by atoms with Crippen LogP contribution in [0.1, 0.15) is 55.5 Å². The maximum absolute atomic E-state index is 12.5. The minimum atomic E-state index is -0.398. The van der Waals surface area contributed by atoms with Gasteiger partial charge in [-0.25, -0.2) is 4.79 Å². The Morgan fingerprint density at radius 1 is 1.08 bits per heavy atom. The summed E-state index contributed by atoms with van der Waals surface area (Å²) in [5.74, 6) is -0.497. The number of carbonyl (C=O) groups excluding carboxylic acids is 2. The molecule has 2 aromatic rings. The smallest absolute Gasteiger partial charge is 0.337 e. The van der Waals surface area contributed by atoms with E-state index in [0.717, 1.165) is 11.1 Å². The molecule has 5 rings (SSSR count). The molecule has 1 saturated heterocycles. The average molecular weight is 321 g/mol. The monoisotopic (exact) mass is 321 g/mol. The van der Waals surface area contributed by atoms with Crippen LogP contribution in [0.25, 0.3) is 0 Å². The Morgan fingerprint density at radius 3 is 2.58 bits per heavy atom. The highest BCUT2D eigenvalue weighted by atomic mass is 16.5. The highest BCUT2D eigenvalue weighted by Crippen LogP contribution is 2.59. The van der Waals surface area contributed by atoms with Crippen LogP contribution in [0.2, 0.25) is 0 Å². The van der Waals surface area contributed by atoms with Crippen LogP contribution in [0.5, 0.6) is 0 Å². The Bertz CT molecular complexity index is 891. The van der Waals surface area contributed by atoms with E-state index in [9.17, 15) is 9.59 Å². The van der Waals surface area contributed by atoms with Crippen LogP contribution >= 0.6 is 0 Å². The van der Waals surface area contributed by atoms with Crippen LogP contribution in [0.3, 0.4) is 0 Å². The number of methoxy groups -OCH3 is 1. The number of esters is 1. The van der Waals surface area contributed by atoms with Crippen molar-refractivity contribution in [3.63, 3.8) is 0 Å². The van der Waals surface area contributed by atoms with Crippen molar-refractivity contribution in [3.05, 3.63) is 70.3 Å². The van der Waals surface area contributed by atoms with Gasteiger partial charge < -0.3 is 14.8 Å². The zero-order valence-electron chi connectivity index (χ0n) is 13.0. The van der Waals surface area contributed by atoms with Gasteiger partial charge in [-0.2, -0.15) is 0 Å². The molecule has 5 heteroatoms. The van der Waals surface area contributed by atoms with E-state index in [1.807, 2.05) is 12.1 Å². The molecule has 0 spiro atoms. The van der Waals surface area contributed by atoms with Crippen molar-refractivity contribution in [2.75, 3.05) is 7.11 Å². The van der Waals surface area contributed by atoms with Crippen molar-refractivity contribution in [2.45, 2.75) is 24.2 Å². The summed E-state index contributed by atoms with van der Waals surface area (Å²) >= 11 is 0. The molecule has 0 radical (unpaired) electrons. The Labute approximate surface area is 138 Å². The van der Waals surface area contributed by atoms with Gasteiger partial charge in [0.15, 0.2) is 0 Å². The van der Waals surface area contributed by atoms with E-state index in [1.54, 1.807) is 18.2 Å². The maximum atomic E-state index is 12.5. The summed E-state index contributed by atoms with van der Waals surface area (Å²) in [6.45, 7) is 0. The van der Waals surface area contributed by atoms with Crippen LogP contribution in [0, 0.1) is 0 Å². The fourth-order valence-corrected chi connectivity index (χ4v) is 4.31. The van der Waals surface area contributed by atoms with Gasteiger partial charge in [-0.1, -0.05) is 24.3 Å². The molecule has 1 N–H and O–H groups in total. The van der Waals surface area contributed by atoms with Gasteiger partial charge in [0.1, 0.15) is 6.10 Å². The predicted molar refractivity (Wildman–Crippen MR) is 84.8 cm³/mol. The summed E-state index contributed by atoms with van der Waals surface area (Å²) in [6, 6.07) is 13.1. The van der Waals surface area contributed by atoms with Crippen LogP contribution in [-0.4, -0.2) is 25.0 Å². The van der Waals surface area contributed by atoms with Gasteiger partial charge in [-0.15, -0.1) is 0 Å². The molecule has 2 bridgehead atoms. The molecular weight excluding hydrogens is 306 g/mol. The van der Waals surface area contributed by atoms with Gasteiger partial charge in [-0.05, 0) is 34.9 Å². The number of ether oxygens (including phenoxy) is 2. The van der Waals surface area contributed by atoms with E-state index >= 15 is 0 Å². The van der Waals surface area contributed by atoms with Gasteiger partial charge in [-0.3, -0.25) is 4.79 Å². The zero-order valence-corrected chi connectivity index (χ0v) is 13.0. The molecule has 4 atom stereocenters. The van der Waals surface area contributed by atoms with Gasteiger partial charge in [0.2, 0.25) is 0 Å². The Kier molecular flexibility index (Phi) is 2.68. The molecule has 1 amide bonds. The van der Waals surface area contributed by atoms with E-state index in [2.05, 4.69) is 17.4 Å². The number of benzene rings is 2. The summed E-state index contributed by atoms with van der Waals surface area (Å²) in [5.41, 5.74) is 4.26. The van der Waals surface area contributed by atoms with Gasteiger partial charge in [0, 0.05) is 11.5 Å². The van der Waals surface area contributed by atoms with Crippen LogP contribution in [0.15, 0.2) is 42.5 Å². The van der Waals surface area contributed by atoms with E-state index < -0.39 is 5.97 Å². The molecule has 1 fully saturated rings. The minimum Gasteiger partial charge on any atom is -0.465 e. The largest absolute Gasteiger partial charge is 0.465 e. The first kappa shape index (κ1) is 13.7. The lowest BCUT2D eigenvalue weighted by Gasteiger charge is -2.35. The third-order valence-electron chi connectivity index (χ3n) is 5.32. The van der Waals surface area contributed by atoms with E-state index in [-0.39, 0.29) is 30.1 Å². The van der Waals surface area contributed by atoms with Crippen molar-refractivity contribution in [1.82, 2.24) is 5.32 Å².